The number of cyclic esters (lactones) is 2. The van der Waals surface area contributed by atoms with E-state index >= 15 is 0 Å². The molecule has 1 fully saturated rings. The van der Waals surface area contributed by atoms with E-state index < -0.39 is 17.7 Å². The number of anilines is 2. The lowest BCUT2D eigenvalue weighted by atomic mass is 10.0. The van der Waals surface area contributed by atoms with Crippen LogP contribution in [0.25, 0.3) is 0 Å². The highest BCUT2D eigenvalue weighted by Gasteiger charge is 2.38. The van der Waals surface area contributed by atoms with Crippen LogP contribution in [0, 0.1) is 0 Å². The number of aryl methyl sites for hydroxylation is 1. The number of ether oxygens (including phenoxy) is 2. The summed E-state index contributed by atoms with van der Waals surface area (Å²) in [4.78, 5) is 37.4. The molecule has 0 atom stereocenters. The minimum absolute atomic E-state index is 0.0156. The molecule has 25 heavy (non-hydrogen) atoms. The standard InChI is InChI=1S/C18H20N2O5/c1-11(21)20-8-4-5-12-6-7-13(9-15(12)20)19-10-14-16(22)24-18(2,3)25-17(14)23/h6-7,9-10,19H,4-5,8H2,1-3H3. The van der Waals surface area contributed by atoms with Crippen LogP contribution in [0.3, 0.4) is 0 Å². The largest absolute Gasteiger partial charge is 0.419 e. The Hall–Kier alpha value is -2.83. The van der Waals surface area contributed by atoms with Crippen LogP contribution in [0.15, 0.2) is 30.0 Å². The molecule has 1 aromatic rings. The summed E-state index contributed by atoms with van der Waals surface area (Å²) < 4.78 is 10.1. The van der Waals surface area contributed by atoms with E-state index in [0.717, 1.165) is 24.1 Å². The van der Waals surface area contributed by atoms with Crippen LogP contribution in [-0.2, 0) is 30.3 Å². The first-order valence-corrected chi connectivity index (χ1v) is 8.11. The van der Waals surface area contributed by atoms with Gasteiger partial charge in [0.25, 0.3) is 5.79 Å². The molecule has 132 valence electrons. The van der Waals surface area contributed by atoms with Crippen molar-refractivity contribution in [2.45, 2.75) is 39.4 Å². The smallest absolute Gasteiger partial charge is 0.350 e. The monoisotopic (exact) mass is 344 g/mol. The summed E-state index contributed by atoms with van der Waals surface area (Å²) in [6.07, 6.45) is 3.10. The maximum absolute atomic E-state index is 11.9. The Bertz CT molecular complexity index is 760. The molecule has 1 saturated heterocycles. The highest BCUT2D eigenvalue weighted by Crippen LogP contribution is 2.30. The van der Waals surface area contributed by atoms with Crippen molar-refractivity contribution in [3.05, 3.63) is 35.5 Å². The number of fused-ring (bicyclic) bond motifs is 1. The zero-order valence-corrected chi connectivity index (χ0v) is 14.4. The van der Waals surface area contributed by atoms with E-state index in [4.69, 9.17) is 9.47 Å². The summed E-state index contributed by atoms with van der Waals surface area (Å²) >= 11 is 0. The van der Waals surface area contributed by atoms with Gasteiger partial charge in [-0.25, -0.2) is 9.59 Å². The molecule has 0 aromatic heterocycles. The Labute approximate surface area is 145 Å². The fraction of sp³-hybridized carbons (Fsp3) is 0.389. The predicted octanol–water partition coefficient (Wildman–Crippen LogP) is 2.12. The Balaban J connectivity index is 1.82. The summed E-state index contributed by atoms with van der Waals surface area (Å²) in [7, 11) is 0. The number of benzene rings is 1. The topological polar surface area (TPSA) is 84.9 Å². The fourth-order valence-corrected chi connectivity index (χ4v) is 2.93. The molecule has 0 aliphatic carbocycles. The molecular weight excluding hydrogens is 324 g/mol. The van der Waals surface area contributed by atoms with Gasteiger partial charge in [0.15, 0.2) is 5.57 Å². The molecule has 2 aliphatic rings. The van der Waals surface area contributed by atoms with Crippen LogP contribution >= 0.6 is 0 Å². The van der Waals surface area contributed by atoms with E-state index in [2.05, 4.69) is 5.32 Å². The van der Waals surface area contributed by atoms with Gasteiger partial charge in [-0.3, -0.25) is 4.79 Å². The third kappa shape index (κ3) is 3.50. The number of nitrogens with one attached hydrogen (secondary N) is 1. The molecule has 0 saturated carbocycles. The first-order valence-electron chi connectivity index (χ1n) is 8.11. The van der Waals surface area contributed by atoms with E-state index in [0.29, 0.717) is 12.2 Å². The van der Waals surface area contributed by atoms with Gasteiger partial charge in [-0.05, 0) is 30.5 Å². The number of rotatable bonds is 2. The minimum atomic E-state index is -1.26. The van der Waals surface area contributed by atoms with Crippen molar-refractivity contribution in [3.8, 4) is 0 Å². The highest BCUT2D eigenvalue weighted by atomic mass is 16.7. The lowest BCUT2D eigenvalue weighted by Gasteiger charge is -2.30. The van der Waals surface area contributed by atoms with E-state index in [-0.39, 0.29) is 11.5 Å². The zero-order valence-electron chi connectivity index (χ0n) is 14.4. The Kier molecular flexibility index (Phi) is 4.24. The Morgan fingerprint density at radius 2 is 1.92 bits per heavy atom. The molecule has 3 rings (SSSR count). The summed E-state index contributed by atoms with van der Waals surface area (Å²) in [6.45, 7) is 5.20. The summed E-state index contributed by atoms with van der Waals surface area (Å²) in [5, 5.41) is 2.91. The number of hydrogen-bond acceptors (Lipinski definition) is 6. The summed E-state index contributed by atoms with van der Waals surface area (Å²) in [5.74, 6) is -2.76. The Morgan fingerprint density at radius 1 is 1.24 bits per heavy atom. The average Bonchev–Trinajstić information content (AvgIpc) is 2.52. The first-order chi connectivity index (χ1) is 11.8. The van der Waals surface area contributed by atoms with Gasteiger partial charge in [-0.15, -0.1) is 0 Å². The van der Waals surface area contributed by atoms with Gasteiger partial charge in [0, 0.05) is 44.9 Å². The lowest BCUT2D eigenvalue weighted by molar-refractivity contribution is -0.222. The molecule has 0 radical (unpaired) electrons. The van der Waals surface area contributed by atoms with E-state index in [1.165, 1.54) is 27.0 Å². The van der Waals surface area contributed by atoms with Crippen LogP contribution < -0.4 is 10.2 Å². The first kappa shape index (κ1) is 17.0. The van der Waals surface area contributed by atoms with E-state index in [1.807, 2.05) is 18.2 Å². The third-order valence-corrected chi connectivity index (χ3v) is 4.08. The summed E-state index contributed by atoms with van der Waals surface area (Å²) in [5.41, 5.74) is 2.39. The third-order valence-electron chi connectivity index (χ3n) is 4.08. The molecule has 2 heterocycles. The normalized spacial score (nSPS) is 18.8. The molecule has 1 aromatic carbocycles. The second-order valence-corrected chi connectivity index (χ2v) is 6.50. The number of amides is 1. The maximum Gasteiger partial charge on any atom is 0.350 e. The van der Waals surface area contributed by atoms with Gasteiger partial charge >= 0.3 is 11.9 Å². The number of esters is 2. The molecule has 1 amide bonds. The zero-order chi connectivity index (χ0) is 18.2. The molecule has 7 heteroatoms. The van der Waals surface area contributed by atoms with Crippen molar-refractivity contribution in [1.29, 1.82) is 0 Å². The van der Waals surface area contributed by atoms with Crippen LogP contribution in [0.5, 0.6) is 0 Å². The number of carbonyl (C=O) groups is 3. The molecule has 0 unspecified atom stereocenters. The van der Waals surface area contributed by atoms with Gasteiger partial charge in [-0.2, -0.15) is 0 Å². The Morgan fingerprint density at radius 3 is 2.56 bits per heavy atom. The molecular formula is C18H20N2O5. The minimum Gasteiger partial charge on any atom is -0.419 e. The van der Waals surface area contributed by atoms with Gasteiger partial charge in [0.1, 0.15) is 0 Å². The number of carbonyl (C=O) groups excluding carboxylic acids is 3. The fourth-order valence-electron chi connectivity index (χ4n) is 2.93. The SMILES string of the molecule is CC(=O)N1CCCc2ccc(NC=C3C(=O)OC(C)(C)OC3=O)cc21. The van der Waals surface area contributed by atoms with Crippen molar-refractivity contribution >= 4 is 29.2 Å². The quantitative estimate of drug-likeness (QED) is 0.502. The maximum atomic E-state index is 11.9. The van der Waals surface area contributed by atoms with E-state index in [1.54, 1.807) is 4.90 Å². The summed E-state index contributed by atoms with van der Waals surface area (Å²) in [6, 6.07) is 5.60. The second kappa shape index (κ2) is 6.23. The predicted molar refractivity (Wildman–Crippen MR) is 90.8 cm³/mol. The molecule has 7 nitrogen and oxygen atoms in total. The van der Waals surface area contributed by atoms with Gasteiger partial charge in [0.05, 0.1) is 0 Å². The van der Waals surface area contributed by atoms with Crippen LogP contribution in [0.1, 0.15) is 32.8 Å². The molecule has 2 aliphatic heterocycles. The van der Waals surface area contributed by atoms with Crippen LogP contribution in [0.4, 0.5) is 11.4 Å². The molecule has 1 N–H and O–H groups in total. The lowest BCUT2D eigenvalue weighted by Crippen LogP contribution is -2.42. The van der Waals surface area contributed by atoms with Gasteiger partial charge < -0.3 is 19.7 Å². The number of nitrogens with zero attached hydrogens (tertiary/aromatic N) is 1. The van der Waals surface area contributed by atoms with Gasteiger partial charge in [0.2, 0.25) is 5.91 Å². The molecule has 0 bridgehead atoms. The van der Waals surface area contributed by atoms with Crippen molar-refractivity contribution in [2.75, 3.05) is 16.8 Å². The van der Waals surface area contributed by atoms with Crippen LogP contribution in [0.2, 0.25) is 0 Å². The number of hydrogen-bond donors (Lipinski definition) is 1. The second-order valence-electron chi connectivity index (χ2n) is 6.50. The van der Waals surface area contributed by atoms with Crippen molar-refractivity contribution in [2.24, 2.45) is 0 Å². The average molecular weight is 344 g/mol. The van der Waals surface area contributed by atoms with Crippen molar-refractivity contribution in [1.82, 2.24) is 0 Å². The highest BCUT2D eigenvalue weighted by molar-refractivity contribution is 6.15. The van der Waals surface area contributed by atoms with Crippen molar-refractivity contribution < 1.29 is 23.9 Å². The van der Waals surface area contributed by atoms with E-state index in [9.17, 15) is 14.4 Å². The van der Waals surface area contributed by atoms with Crippen molar-refractivity contribution in [3.63, 3.8) is 0 Å². The van der Waals surface area contributed by atoms with Gasteiger partial charge in [-0.1, -0.05) is 6.07 Å². The van der Waals surface area contributed by atoms with Crippen LogP contribution in [-0.4, -0.2) is 30.2 Å². The molecule has 0 spiro atoms.